The molecule has 2 fully saturated rings. The Morgan fingerprint density at radius 1 is 0.607 bits per heavy atom. The molecule has 2 aliphatic heterocycles. The van der Waals surface area contributed by atoms with E-state index in [9.17, 15) is 31.9 Å². The minimum Gasteiger partial charge on any atom is -0.474 e. The zero-order valence-electron chi connectivity index (χ0n) is 31.6. The van der Waals surface area contributed by atoms with Crippen LogP contribution < -0.4 is 20.1 Å². The van der Waals surface area contributed by atoms with Crippen LogP contribution in [-0.4, -0.2) is 41.0 Å². The molecular formula is C43H32Cl4F4N4O6. The fourth-order valence-corrected chi connectivity index (χ4v) is 6.94. The molecule has 0 unspecified atom stereocenters. The zero-order chi connectivity index (χ0) is 43.8. The summed E-state index contributed by atoms with van der Waals surface area (Å²) < 4.78 is 71.5. The zero-order valence-corrected chi connectivity index (χ0v) is 34.6. The Morgan fingerprint density at radius 2 is 1.05 bits per heavy atom. The van der Waals surface area contributed by atoms with E-state index in [4.69, 9.17) is 60.6 Å². The van der Waals surface area contributed by atoms with E-state index in [1.165, 1.54) is 40.4 Å². The van der Waals surface area contributed by atoms with Crippen molar-refractivity contribution >= 4 is 70.0 Å². The first kappa shape index (κ1) is 44.7. The number of carbonyl (C=O) groups excluding carboxylic acids is 2. The number of carbonyl (C=O) groups is 2. The lowest BCUT2D eigenvalue weighted by Crippen LogP contribution is -2.32. The van der Waals surface area contributed by atoms with Crippen molar-refractivity contribution in [3.63, 3.8) is 0 Å². The van der Waals surface area contributed by atoms with Crippen LogP contribution in [-0.2, 0) is 9.47 Å². The quantitative estimate of drug-likeness (QED) is 0.151. The van der Waals surface area contributed by atoms with Crippen molar-refractivity contribution in [3.8, 4) is 5.88 Å². The van der Waals surface area contributed by atoms with Gasteiger partial charge in [0.1, 0.15) is 48.1 Å². The predicted octanol–water partition coefficient (Wildman–Crippen LogP) is 11.9. The molecule has 8 rings (SSSR count). The topological polar surface area (TPSA) is 114 Å². The van der Waals surface area contributed by atoms with Gasteiger partial charge < -0.3 is 19.2 Å². The van der Waals surface area contributed by atoms with E-state index in [1.54, 1.807) is 66.7 Å². The smallest absolute Gasteiger partial charge is 0.415 e. The van der Waals surface area contributed by atoms with Gasteiger partial charge in [0.15, 0.2) is 6.10 Å². The van der Waals surface area contributed by atoms with Crippen molar-refractivity contribution in [3.05, 3.63) is 186 Å². The van der Waals surface area contributed by atoms with E-state index in [0.717, 1.165) is 24.3 Å². The Morgan fingerprint density at radius 3 is 1.46 bits per heavy atom. The highest BCUT2D eigenvalue weighted by atomic mass is 35.5. The molecule has 0 bridgehead atoms. The molecule has 2 aliphatic rings. The molecule has 316 valence electrons. The van der Waals surface area contributed by atoms with Gasteiger partial charge in [0.2, 0.25) is 11.4 Å². The molecule has 0 spiro atoms. The lowest BCUT2D eigenvalue weighted by Gasteiger charge is -2.25. The third-order valence-electron chi connectivity index (χ3n) is 9.07. The Kier molecular flexibility index (Phi) is 14.8. The Labute approximate surface area is 366 Å². The summed E-state index contributed by atoms with van der Waals surface area (Å²) >= 11 is 23.1. The van der Waals surface area contributed by atoms with Crippen LogP contribution in [0.1, 0.15) is 36.6 Å². The van der Waals surface area contributed by atoms with Crippen molar-refractivity contribution in [1.29, 1.82) is 0 Å². The second-order valence-electron chi connectivity index (χ2n) is 13.2. The first-order valence-electron chi connectivity index (χ1n) is 18.2. The minimum atomic E-state index is -0.855. The number of aromatic nitrogens is 2. The second-order valence-corrected chi connectivity index (χ2v) is 15.0. The van der Waals surface area contributed by atoms with Crippen molar-refractivity contribution in [2.45, 2.75) is 37.6 Å². The molecule has 2 aromatic heterocycles. The van der Waals surface area contributed by atoms with Gasteiger partial charge >= 0.3 is 12.2 Å². The van der Waals surface area contributed by atoms with E-state index < -0.39 is 59.7 Å². The van der Waals surface area contributed by atoms with Gasteiger partial charge in [-0.2, -0.15) is 0 Å². The standard InChI is InChI=1S/C21H14Cl2F2N2O3.C17H14ClF2NO2.C5H4ClNO/c22-13-1-4-17(5-2-13)27-20(12-7-15(24)9-16(25)8-12)18(30-21(27)28)11-29-19-6-3-14(23)10-26-19;1-2-15-16(10-7-12(19)9-13(20)8-10)21(17(22)23-15)14-5-3-11(18)4-6-14;6-4-1-2-5(8)7-3-4/h1-10,18,20H,11H2;3-9,15-16H,2H2,1H3;1-3H,(H,7,8)/t18-,20-;15-,16-;/m00./s1. The minimum absolute atomic E-state index is 0.0900. The number of ether oxygens (including phenoxy) is 3. The average molecular weight is 919 g/mol. The largest absolute Gasteiger partial charge is 0.474 e. The summed E-state index contributed by atoms with van der Waals surface area (Å²) in [6.45, 7) is 1.76. The third-order valence-corrected chi connectivity index (χ3v) is 10.0. The normalized spacial score (nSPS) is 18.0. The van der Waals surface area contributed by atoms with E-state index in [-0.39, 0.29) is 23.6 Å². The highest BCUT2D eigenvalue weighted by Gasteiger charge is 2.45. The van der Waals surface area contributed by atoms with E-state index in [1.807, 2.05) is 6.92 Å². The molecule has 2 saturated heterocycles. The lowest BCUT2D eigenvalue weighted by atomic mass is 9.98. The van der Waals surface area contributed by atoms with Crippen LogP contribution in [0.3, 0.4) is 0 Å². The summed E-state index contributed by atoms with van der Waals surface area (Å²) in [6, 6.07) is 24.1. The average Bonchev–Trinajstić information content (AvgIpc) is 3.74. The van der Waals surface area contributed by atoms with Gasteiger partial charge in [-0.05, 0) is 102 Å². The molecule has 0 aliphatic carbocycles. The molecule has 0 saturated carbocycles. The van der Waals surface area contributed by atoms with Crippen LogP contribution >= 0.6 is 46.4 Å². The highest BCUT2D eigenvalue weighted by molar-refractivity contribution is 6.31. The number of nitrogens with zero attached hydrogens (tertiary/aromatic N) is 3. The number of pyridine rings is 2. The highest BCUT2D eigenvalue weighted by Crippen LogP contribution is 2.40. The van der Waals surface area contributed by atoms with Crippen molar-refractivity contribution in [1.82, 2.24) is 9.97 Å². The fourth-order valence-electron chi connectivity index (χ4n) is 6.45. The number of hydrogen-bond donors (Lipinski definition) is 1. The van der Waals surface area contributed by atoms with Crippen molar-refractivity contribution in [2.24, 2.45) is 0 Å². The number of anilines is 2. The monoisotopic (exact) mass is 916 g/mol. The Balaban J connectivity index is 0.000000177. The first-order chi connectivity index (χ1) is 29.2. The summed E-state index contributed by atoms with van der Waals surface area (Å²) in [5, 5.41) is 2.00. The summed E-state index contributed by atoms with van der Waals surface area (Å²) in [5.41, 5.74) is 1.48. The first-order valence-corrected chi connectivity index (χ1v) is 19.7. The lowest BCUT2D eigenvalue weighted by molar-refractivity contribution is 0.0901. The van der Waals surface area contributed by atoms with E-state index >= 15 is 0 Å². The molecule has 4 heterocycles. The number of hydrogen-bond acceptors (Lipinski definition) is 7. The molecule has 4 atom stereocenters. The van der Waals surface area contributed by atoms with Gasteiger partial charge in [-0.25, -0.2) is 32.1 Å². The van der Waals surface area contributed by atoms with Crippen LogP contribution in [0, 0.1) is 23.3 Å². The summed E-state index contributed by atoms with van der Waals surface area (Å²) in [7, 11) is 0. The van der Waals surface area contributed by atoms with Gasteiger partial charge in [0.05, 0.1) is 10.0 Å². The number of nitrogens with one attached hydrogen (secondary N) is 1. The van der Waals surface area contributed by atoms with Crippen LogP contribution in [0.4, 0.5) is 38.5 Å². The Hall–Kier alpha value is -5.80. The molecule has 6 aromatic rings. The molecule has 10 nitrogen and oxygen atoms in total. The third kappa shape index (κ3) is 11.5. The Bertz CT molecular complexity index is 2480. The van der Waals surface area contributed by atoms with Crippen LogP contribution in [0.25, 0.3) is 0 Å². The molecule has 1 N–H and O–H groups in total. The maximum Gasteiger partial charge on any atom is 0.415 e. The van der Waals surface area contributed by atoms with Gasteiger partial charge in [0, 0.05) is 58.1 Å². The molecule has 2 amide bonds. The number of cyclic esters (lactones) is 2. The number of halogens is 8. The van der Waals surface area contributed by atoms with Gasteiger partial charge in [-0.3, -0.25) is 14.6 Å². The fraction of sp³-hybridized carbons (Fsp3) is 0.163. The number of amides is 2. The number of H-pyrrole nitrogens is 1. The van der Waals surface area contributed by atoms with Gasteiger partial charge in [0.25, 0.3) is 0 Å². The van der Waals surface area contributed by atoms with E-state index in [2.05, 4.69) is 9.97 Å². The molecule has 18 heteroatoms. The molecule has 0 radical (unpaired) electrons. The number of aromatic amines is 1. The predicted molar refractivity (Wildman–Crippen MR) is 224 cm³/mol. The summed E-state index contributed by atoms with van der Waals surface area (Å²) in [4.78, 5) is 44.4. The molecule has 61 heavy (non-hydrogen) atoms. The summed E-state index contributed by atoms with van der Waals surface area (Å²) in [6.07, 6.45) is 0.823. The second kappa shape index (κ2) is 20.2. The van der Waals surface area contributed by atoms with E-state index in [0.29, 0.717) is 43.4 Å². The van der Waals surface area contributed by atoms with Crippen molar-refractivity contribution < 1.29 is 41.4 Å². The van der Waals surface area contributed by atoms with Gasteiger partial charge in [-0.1, -0.05) is 53.3 Å². The maximum absolute atomic E-state index is 13.9. The van der Waals surface area contributed by atoms with Crippen molar-refractivity contribution in [2.75, 3.05) is 16.4 Å². The van der Waals surface area contributed by atoms with Gasteiger partial charge in [-0.15, -0.1) is 0 Å². The van der Waals surface area contributed by atoms with Crippen LogP contribution in [0.2, 0.25) is 20.1 Å². The number of rotatable bonds is 8. The number of benzene rings is 4. The molecular weight excluding hydrogens is 886 g/mol. The molecule has 4 aromatic carbocycles. The van der Waals surface area contributed by atoms with Crippen LogP contribution in [0.15, 0.2) is 126 Å². The SMILES string of the molecule is CC[C@@H]1OC(=O)N(c2ccc(Cl)cc2)[C@H]1c1cc(F)cc(F)c1.O=C1O[C@@H](COc2ccc(Cl)cn2)[C@H](c2cc(F)cc(F)c2)N1c1ccc(Cl)cc1.O=c1ccc(Cl)c[nH]1. The van der Waals surface area contributed by atoms with Crippen LogP contribution in [0.5, 0.6) is 5.88 Å². The maximum atomic E-state index is 13.9. The summed E-state index contributed by atoms with van der Waals surface area (Å²) in [5.74, 6) is -2.64.